The summed E-state index contributed by atoms with van der Waals surface area (Å²) in [6.45, 7) is 3.73. The lowest BCUT2D eigenvalue weighted by atomic mass is 10.1. The fourth-order valence-corrected chi connectivity index (χ4v) is 3.24. The summed E-state index contributed by atoms with van der Waals surface area (Å²) in [5.74, 6) is 0.644. The molecule has 0 aliphatic rings. The van der Waals surface area contributed by atoms with E-state index in [-0.39, 0.29) is 17.9 Å². The van der Waals surface area contributed by atoms with Gasteiger partial charge in [-0.15, -0.1) is 11.3 Å². The van der Waals surface area contributed by atoms with Gasteiger partial charge in [-0.3, -0.25) is 14.7 Å². The number of nitrogens with one attached hydrogen (secondary N) is 3. The van der Waals surface area contributed by atoms with Crippen molar-refractivity contribution in [3.63, 3.8) is 0 Å². The van der Waals surface area contributed by atoms with E-state index in [9.17, 15) is 9.59 Å². The van der Waals surface area contributed by atoms with E-state index in [4.69, 9.17) is 11.6 Å². The molecule has 0 fully saturated rings. The average Bonchev–Trinajstić information content (AvgIpc) is 3.33. The molecule has 2 aromatic heterocycles. The number of carbonyl (C=O) groups is 2. The van der Waals surface area contributed by atoms with Crippen LogP contribution in [-0.4, -0.2) is 27.0 Å². The van der Waals surface area contributed by atoms with Crippen LogP contribution < -0.4 is 10.6 Å². The zero-order chi connectivity index (χ0) is 19.4. The summed E-state index contributed by atoms with van der Waals surface area (Å²) in [4.78, 5) is 29.7. The second-order valence-electron chi connectivity index (χ2n) is 5.84. The molecule has 0 saturated carbocycles. The number of benzene rings is 1. The largest absolute Gasteiger partial charge is 0.342 e. The molecular formula is C18H18ClN5O2S. The van der Waals surface area contributed by atoms with Crippen molar-refractivity contribution in [2.45, 2.75) is 26.3 Å². The minimum Gasteiger partial charge on any atom is -0.342 e. The van der Waals surface area contributed by atoms with Crippen LogP contribution in [-0.2, 0) is 0 Å². The zero-order valence-corrected chi connectivity index (χ0v) is 16.3. The number of aryl methyl sites for hydroxylation is 1. The number of nitrogens with zero attached hydrogens (tertiary/aromatic N) is 2. The van der Waals surface area contributed by atoms with Gasteiger partial charge in [-0.1, -0.05) is 24.6 Å². The van der Waals surface area contributed by atoms with Crippen LogP contribution in [0.25, 0.3) is 0 Å². The van der Waals surface area contributed by atoms with Crippen LogP contribution in [0.4, 0.5) is 5.69 Å². The Bertz CT molecular complexity index is 955. The van der Waals surface area contributed by atoms with E-state index in [2.05, 4.69) is 25.8 Å². The highest BCUT2D eigenvalue weighted by Gasteiger charge is 2.19. The molecule has 3 N–H and O–H groups in total. The Morgan fingerprint density at radius 1 is 1.30 bits per heavy atom. The molecule has 0 aliphatic heterocycles. The van der Waals surface area contributed by atoms with E-state index in [1.165, 1.54) is 11.3 Å². The first kappa shape index (κ1) is 19.1. The van der Waals surface area contributed by atoms with E-state index in [0.717, 1.165) is 0 Å². The number of thiophene rings is 1. The third-order valence-corrected chi connectivity index (χ3v) is 5.06. The zero-order valence-electron chi connectivity index (χ0n) is 14.7. The molecule has 0 radical (unpaired) electrons. The Morgan fingerprint density at radius 2 is 2.11 bits per heavy atom. The average molecular weight is 404 g/mol. The summed E-state index contributed by atoms with van der Waals surface area (Å²) >= 11 is 7.50. The van der Waals surface area contributed by atoms with Gasteiger partial charge in [0.1, 0.15) is 5.82 Å². The number of amides is 2. The number of halogens is 1. The summed E-state index contributed by atoms with van der Waals surface area (Å²) in [5.41, 5.74) is 0.760. The van der Waals surface area contributed by atoms with Gasteiger partial charge in [0.15, 0.2) is 5.82 Å². The highest BCUT2D eigenvalue weighted by atomic mass is 35.5. The Balaban J connectivity index is 1.76. The van der Waals surface area contributed by atoms with Gasteiger partial charge in [-0.2, -0.15) is 5.10 Å². The van der Waals surface area contributed by atoms with Crippen molar-refractivity contribution in [3.05, 3.63) is 62.8 Å². The van der Waals surface area contributed by atoms with Crippen molar-refractivity contribution in [3.8, 4) is 0 Å². The van der Waals surface area contributed by atoms with Crippen LogP contribution in [0.2, 0.25) is 5.02 Å². The van der Waals surface area contributed by atoms with Crippen LogP contribution in [0.1, 0.15) is 51.1 Å². The van der Waals surface area contributed by atoms with Gasteiger partial charge in [-0.05, 0) is 43.0 Å². The molecule has 1 aromatic carbocycles. The molecule has 140 valence electrons. The van der Waals surface area contributed by atoms with Crippen LogP contribution in [0.5, 0.6) is 0 Å². The predicted molar refractivity (Wildman–Crippen MR) is 105 cm³/mol. The van der Waals surface area contributed by atoms with Crippen molar-refractivity contribution in [2.75, 3.05) is 5.32 Å². The predicted octanol–water partition coefficient (Wildman–Crippen LogP) is 3.96. The van der Waals surface area contributed by atoms with Crippen molar-refractivity contribution in [1.82, 2.24) is 20.5 Å². The lowest BCUT2D eigenvalue weighted by Gasteiger charge is -2.14. The molecule has 0 unspecified atom stereocenters. The molecular weight excluding hydrogens is 386 g/mol. The first-order valence-corrected chi connectivity index (χ1v) is 9.58. The maximum Gasteiger partial charge on any atom is 0.265 e. The monoisotopic (exact) mass is 403 g/mol. The van der Waals surface area contributed by atoms with Crippen LogP contribution in [0.15, 0.2) is 35.7 Å². The SMILES string of the molecule is CC[C@H](NC(=O)c1ccc(Cl)c(NC(=O)c2cccs2)c1)c1n[nH]c(C)n1. The van der Waals surface area contributed by atoms with E-state index < -0.39 is 0 Å². The normalized spacial score (nSPS) is 11.8. The number of hydrogen-bond acceptors (Lipinski definition) is 5. The van der Waals surface area contributed by atoms with Gasteiger partial charge < -0.3 is 10.6 Å². The number of anilines is 1. The molecule has 0 spiro atoms. The molecule has 0 saturated heterocycles. The summed E-state index contributed by atoms with van der Waals surface area (Å²) in [7, 11) is 0. The maximum absolute atomic E-state index is 12.6. The third-order valence-electron chi connectivity index (χ3n) is 3.86. The fraction of sp³-hybridized carbons (Fsp3) is 0.222. The molecule has 3 rings (SSSR count). The van der Waals surface area contributed by atoms with Crippen LogP contribution in [0, 0.1) is 6.92 Å². The molecule has 2 heterocycles. The Hall–Kier alpha value is -2.71. The lowest BCUT2D eigenvalue weighted by Crippen LogP contribution is -2.29. The minimum absolute atomic E-state index is 0.271. The molecule has 1 atom stereocenters. The molecule has 0 bridgehead atoms. The summed E-state index contributed by atoms with van der Waals surface area (Å²) in [6, 6.07) is 7.93. The Morgan fingerprint density at radius 3 is 2.74 bits per heavy atom. The summed E-state index contributed by atoms with van der Waals surface area (Å²) in [6.07, 6.45) is 0.637. The second-order valence-corrected chi connectivity index (χ2v) is 7.19. The van der Waals surface area contributed by atoms with Gasteiger partial charge >= 0.3 is 0 Å². The van der Waals surface area contributed by atoms with Gasteiger partial charge in [0.25, 0.3) is 11.8 Å². The van der Waals surface area contributed by atoms with E-state index in [1.54, 1.807) is 37.3 Å². The fourth-order valence-electron chi connectivity index (χ4n) is 2.46. The van der Waals surface area contributed by atoms with Crippen molar-refractivity contribution < 1.29 is 9.59 Å². The molecule has 3 aromatic rings. The Kier molecular flexibility index (Phi) is 5.88. The summed E-state index contributed by atoms with van der Waals surface area (Å²) < 4.78 is 0. The quantitative estimate of drug-likeness (QED) is 0.579. The molecule has 27 heavy (non-hydrogen) atoms. The molecule has 7 nitrogen and oxygen atoms in total. The van der Waals surface area contributed by atoms with Gasteiger partial charge in [0.05, 0.1) is 21.6 Å². The highest BCUT2D eigenvalue weighted by molar-refractivity contribution is 7.12. The third kappa shape index (κ3) is 4.53. The highest BCUT2D eigenvalue weighted by Crippen LogP contribution is 2.25. The number of aromatic amines is 1. The summed E-state index contributed by atoms with van der Waals surface area (Å²) in [5, 5.41) is 14.7. The van der Waals surface area contributed by atoms with Crippen LogP contribution in [0.3, 0.4) is 0 Å². The van der Waals surface area contributed by atoms with E-state index >= 15 is 0 Å². The number of hydrogen-bond donors (Lipinski definition) is 3. The number of carbonyl (C=O) groups excluding carboxylic acids is 2. The van der Waals surface area contributed by atoms with Crippen molar-refractivity contribution >= 4 is 40.4 Å². The van der Waals surface area contributed by atoms with Crippen LogP contribution >= 0.6 is 22.9 Å². The van der Waals surface area contributed by atoms with E-state index in [1.807, 2.05) is 12.3 Å². The number of aromatic nitrogens is 3. The first-order chi connectivity index (χ1) is 13.0. The lowest BCUT2D eigenvalue weighted by molar-refractivity contribution is 0.0932. The smallest absolute Gasteiger partial charge is 0.265 e. The van der Waals surface area contributed by atoms with Gasteiger partial charge in [0.2, 0.25) is 0 Å². The Labute approximate surface area is 165 Å². The van der Waals surface area contributed by atoms with Gasteiger partial charge in [-0.25, -0.2) is 4.98 Å². The molecule has 9 heteroatoms. The maximum atomic E-state index is 12.6. The van der Waals surface area contributed by atoms with Gasteiger partial charge in [0, 0.05) is 5.56 Å². The van der Waals surface area contributed by atoms with E-state index in [0.29, 0.717) is 39.2 Å². The second kappa shape index (κ2) is 8.32. The standard InChI is InChI=1S/C18H18ClN5O2S/c1-3-13(16-20-10(2)23-24-16)21-17(25)11-6-7-12(19)14(9-11)22-18(26)15-5-4-8-27-15/h4-9,13H,3H2,1-2H3,(H,21,25)(H,22,26)(H,20,23,24)/t13-/m0/s1. The first-order valence-electron chi connectivity index (χ1n) is 8.32. The molecule has 0 aliphatic carbocycles. The van der Waals surface area contributed by atoms with Crippen molar-refractivity contribution in [2.24, 2.45) is 0 Å². The van der Waals surface area contributed by atoms with Crippen molar-refractivity contribution in [1.29, 1.82) is 0 Å². The number of H-pyrrole nitrogens is 1. The minimum atomic E-state index is -0.317. The number of rotatable bonds is 6. The topological polar surface area (TPSA) is 99.8 Å². The molecule has 2 amide bonds.